The van der Waals surface area contributed by atoms with E-state index in [1.165, 1.54) is 0 Å². The minimum Gasteiger partial charge on any atom is -0.493 e. The van der Waals surface area contributed by atoms with E-state index in [4.69, 9.17) is 4.74 Å². The molecule has 1 aliphatic heterocycles. The highest BCUT2D eigenvalue weighted by molar-refractivity contribution is 6.46. The van der Waals surface area contributed by atoms with Crippen molar-refractivity contribution in [1.29, 1.82) is 0 Å². The molecule has 37 heavy (non-hydrogen) atoms. The Balaban J connectivity index is 1.70. The lowest BCUT2D eigenvalue weighted by Gasteiger charge is -2.34. The molecular weight excluding hydrogens is 464 g/mol. The predicted octanol–water partition coefficient (Wildman–Crippen LogP) is 6.60. The number of rotatable bonds is 7. The van der Waals surface area contributed by atoms with Gasteiger partial charge < -0.3 is 4.74 Å². The number of hydrogen-bond acceptors (Lipinski definition) is 4. The van der Waals surface area contributed by atoms with E-state index in [0.717, 1.165) is 33.4 Å². The average Bonchev–Trinajstić information content (AvgIpc) is 2.93. The summed E-state index contributed by atoms with van der Waals surface area (Å²) in [6.07, 6.45) is 3.41. The third kappa shape index (κ3) is 4.61. The third-order valence-electron chi connectivity index (χ3n) is 6.25. The molecule has 0 saturated carbocycles. The number of fused-ring (bicyclic) bond motifs is 1. The molecule has 6 heteroatoms. The quantitative estimate of drug-likeness (QED) is 0.166. The molecule has 0 atom stereocenters. The Morgan fingerprint density at radius 2 is 1.27 bits per heavy atom. The van der Waals surface area contributed by atoms with Gasteiger partial charge in [-0.05, 0) is 53.6 Å². The molecule has 0 aliphatic carbocycles. The third-order valence-corrected chi connectivity index (χ3v) is 6.25. The first-order chi connectivity index (χ1) is 18.1. The summed E-state index contributed by atoms with van der Waals surface area (Å²) in [7, 11) is 0. The number of carbonyl (C=O) groups excluding carboxylic acids is 3. The number of barbiturate groups is 1. The van der Waals surface area contributed by atoms with E-state index in [-0.39, 0.29) is 5.57 Å². The SMILES string of the molecule is CCCCOc1ccc2ccccc2c1C=C1C(=O)N(c2ccccc2)C(=O)N(c2ccccc2)C1=O. The zero-order chi connectivity index (χ0) is 25.8. The van der Waals surface area contributed by atoms with E-state index < -0.39 is 17.8 Å². The maximum atomic E-state index is 13.8. The number of para-hydroxylation sites is 2. The molecule has 1 fully saturated rings. The standard InChI is InChI=1S/C31H26N2O4/c1-2-3-20-37-28-19-18-22-12-10-11-17-25(22)26(28)21-27-29(34)32(23-13-6-4-7-14-23)31(36)33(30(27)35)24-15-8-5-9-16-24/h4-19,21H,2-3,20H2,1H3. The molecule has 184 valence electrons. The van der Waals surface area contributed by atoms with E-state index in [1.54, 1.807) is 66.7 Å². The smallest absolute Gasteiger partial charge is 0.343 e. The second-order valence-electron chi connectivity index (χ2n) is 8.69. The van der Waals surface area contributed by atoms with Gasteiger partial charge in [0.1, 0.15) is 11.3 Å². The number of ether oxygens (including phenoxy) is 1. The number of benzene rings is 4. The first-order valence-electron chi connectivity index (χ1n) is 12.3. The summed E-state index contributed by atoms with van der Waals surface area (Å²) in [4.78, 5) is 43.2. The van der Waals surface area contributed by atoms with Gasteiger partial charge in [0, 0.05) is 5.56 Å². The molecule has 5 rings (SSSR count). The lowest BCUT2D eigenvalue weighted by atomic mass is 9.99. The van der Waals surface area contributed by atoms with Crippen LogP contribution in [0.2, 0.25) is 0 Å². The highest BCUT2D eigenvalue weighted by Gasteiger charge is 2.43. The van der Waals surface area contributed by atoms with Crippen LogP contribution in [0.15, 0.2) is 103 Å². The van der Waals surface area contributed by atoms with Crippen LogP contribution in [0.3, 0.4) is 0 Å². The molecule has 0 aromatic heterocycles. The van der Waals surface area contributed by atoms with Gasteiger partial charge in [-0.1, -0.05) is 80.1 Å². The van der Waals surface area contributed by atoms with E-state index >= 15 is 0 Å². The highest BCUT2D eigenvalue weighted by Crippen LogP contribution is 2.34. The zero-order valence-corrected chi connectivity index (χ0v) is 20.5. The zero-order valence-electron chi connectivity index (χ0n) is 20.5. The molecule has 1 aliphatic rings. The molecule has 0 bridgehead atoms. The van der Waals surface area contributed by atoms with Crippen LogP contribution >= 0.6 is 0 Å². The molecule has 0 unspecified atom stereocenters. The fourth-order valence-electron chi connectivity index (χ4n) is 4.36. The molecule has 0 spiro atoms. The van der Waals surface area contributed by atoms with Gasteiger partial charge in [-0.25, -0.2) is 14.6 Å². The van der Waals surface area contributed by atoms with Gasteiger partial charge >= 0.3 is 6.03 Å². The fraction of sp³-hybridized carbons (Fsp3) is 0.129. The Morgan fingerprint density at radius 1 is 0.703 bits per heavy atom. The maximum absolute atomic E-state index is 13.8. The van der Waals surface area contributed by atoms with Gasteiger partial charge in [0.05, 0.1) is 18.0 Å². The molecule has 4 aromatic rings. The molecule has 1 saturated heterocycles. The average molecular weight is 491 g/mol. The number of amides is 4. The van der Waals surface area contributed by atoms with Crippen LogP contribution in [0.25, 0.3) is 16.8 Å². The molecular formula is C31H26N2O4. The summed E-state index contributed by atoms with van der Waals surface area (Å²) in [5.41, 5.74) is 1.27. The highest BCUT2D eigenvalue weighted by atomic mass is 16.5. The second-order valence-corrected chi connectivity index (χ2v) is 8.69. The van der Waals surface area contributed by atoms with Crippen molar-refractivity contribution in [2.45, 2.75) is 19.8 Å². The van der Waals surface area contributed by atoms with Crippen molar-refractivity contribution in [2.24, 2.45) is 0 Å². The normalized spacial score (nSPS) is 13.9. The minimum absolute atomic E-state index is 0.121. The lowest BCUT2D eigenvalue weighted by molar-refractivity contribution is -0.121. The first kappa shape index (κ1) is 24.0. The van der Waals surface area contributed by atoms with Crippen LogP contribution in [0, 0.1) is 0 Å². The number of urea groups is 1. The summed E-state index contributed by atoms with van der Waals surface area (Å²) in [5, 5.41) is 1.79. The Hall–Kier alpha value is -4.71. The summed E-state index contributed by atoms with van der Waals surface area (Å²) < 4.78 is 6.08. The Bertz CT molecular complexity index is 1430. The largest absolute Gasteiger partial charge is 0.493 e. The van der Waals surface area contributed by atoms with Crippen LogP contribution < -0.4 is 14.5 Å². The van der Waals surface area contributed by atoms with Crippen molar-refractivity contribution >= 4 is 46.1 Å². The summed E-state index contributed by atoms with van der Waals surface area (Å²) in [6.45, 7) is 2.59. The summed E-state index contributed by atoms with van der Waals surface area (Å²) in [5.74, 6) is -0.781. The van der Waals surface area contributed by atoms with E-state index in [1.807, 2.05) is 36.4 Å². The van der Waals surface area contributed by atoms with Crippen LogP contribution in [-0.4, -0.2) is 24.5 Å². The molecule has 6 nitrogen and oxygen atoms in total. The number of anilines is 2. The van der Waals surface area contributed by atoms with Crippen LogP contribution in [-0.2, 0) is 9.59 Å². The fourth-order valence-corrected chi connectivity index (χ4v) is 4.36. The molecule has 4 aromatic carbocycles. The number of imide groups is 2. The van der Waals surface area contributed by atoms with Crippen LogP contribution in [0.1, 0.15) is 25.3 Å². The van der Waals surface area contributed by atoms with Gasteiger partial charge in [-0.2, -0.15) is 0 Å². The first-order valence-corrected chi connectivity index (χ1v) is 12.3. The van der Waals surface area contributed by atoms with Crippen molar-refractivity contribution in [1.82, 2.24) is 0 Å². The van der Waals surface area contributed by atoms with E-state index in [9.17, 15) is 14.4 Å². The second kappa shape index (κ2) is 10.5. The van der Waals surface area contributed by atoms with Crippen LogP contribution in [0.4, 0.5) is 16.2 Å². The van der Waals surface area contributed by atoms with Crippen molar-refractivity contribution < 1.29 is 19.1 Å². The lowest BCUT2D eigenvalue weighted by Crippen LogP contribution is -2.57. The number of unbranched alkanes of at least 4 members (excludes halogenated alkanes) is 1. The van der Waals surface area contributed by atoms with Gasteiger partial charge in [0.2, 0.25) is 0 Å². The molecule has 0 radical (unpaired) electrons. The Labute approximate surface area is 215 Å². The van der Waals surface area contributed by atoms with Crippen LogP contribution in [0.5, 0.6) is 5.75 Å². The van der Waals surface area contributed by atoms with Crippen molar-refractivity contribution in [3.05, 3.63) is 108 Å². The summed E-state index contributed by atoms with van der Waals surface area (Å²) >= 11 is 0. The van der Waals surface area contributed by atoms with Gasteiger partial charge in [-0.3, -0.25) is 9.59 Å². The van der Waals surface area contributed by atoms with E-state index in [0.29, 0.717) is 29.3 Å². The number of hydrogen-bond donors (Lipinski definition) is 0. The summed E-state index contributed by atoms with van der Waals surface area (Å²) in [6, 6.07) is 28.1. The number of carbonyl (C=O) groups is 3. The predicted molar refractivity (Wildman–Crippen MR) is 146 cm³/mol. The maximum Gasteiger partial charge on any atom is 0.343 e. The Kier molecular flexibility index (Phi) is 6.81. The molecule has 0 N–H and O–H groups in total. The molecule has 1 heterocycles. The Morgan fingerprint density at radius 3 is 1.86 bits per heavy atom. The minimum atomic E-state index is -0.720. The van der Waals surface area contributed by atoms with E-state index in [2.05, 4.69) is 6.92 Å². The monoisotopic (exact) mass is 490 g/mol. The molecule has 4 amide bonds. The van der Waals surface area contributed by atoms with Gasteiger partial charge in [0.15, 0.2) is 0 Å². The van der Waals surface area contributed by atoms with Crippen molar-refractivity contribution in [3.8, 4) is 5.75 Å². The van der Waals surface area contributed by atoms with Crippen molar-refractivity contribution in [3.63, 3.8) is 0 Å². The topological polar surface area (TPSA) is 66.9 Å². The van der Waals surface area contributed by atoms with Crippen molar-refractivity contribution in [2.75, 3.05) is 16.4 Å². The van der Waals surface area contributed by atoms with Gasteiger partial charge in [-0.15, -0.1) is 0 Å². The van der Waals surface area contributed by atoms with Gasteiger partial charge in [0.25, 0.3) is 11.8 Å². The number of nitrogens with zero attached hydrogens (tertiary/aromatic N) is 2.